The van der Waals surface area contributed by atoms with E-state index in [1.165, 1.54) is 0 Å². The number of benzene rings is 2. The third-order valence-electron chi connectivity index (χ3n) is 3.23. The van der Waals surface area contributed by atoms with Gasteiger partial charge in [0.2, 0.25) is 0 Å². The third kappa shape index (κ3) is 5.22. The number of ether oxygens (including phenoxy) is 1. The monoisotopic (exact) mass is 776 g/mol. The van der Waals surface area contributed by atoms with Crippen LogP contribution in [0.15, 0.2) is 24.3 Å². The smallest absolute Gasteiger partial charge is 0.306 e. The molecule has 0 aliphatic heterocycles. The highest BCUT2D eigenvalue weighted by molar-refractivity contribution is 14.1. The summed E-state index contributed by atoms with van der Waals surface area (Å²) in [6, 6.07) is 7.47. The van der Waals surface area contributed by atoms with Crippen molar-refractivity contribution in [3.05, 3.63) is 44.1 Å². The predicted molar refractivity (Wildman–Crippen MR) is 126 cm³/mol. The molecule has 0 fully saturated rings. The maximum atomic E-state index is 11.0. The fraction of sp³-hybridized carbons (Fsp3) is 0.188. The molecule has 1 unspecified atom stereocenters. The highest BCUT2D eigenvalue weighted by Crippen LogP contribution is 2.37. The first kappa shape index (κ1) is 20.7. The van der Waals surface area contributed by atoms with E-state index in [1.807, 2.05) is 12.1 Å². The van der Waals surface area contributed by atoms with E-state index in [4.69, 9.17) is 9.84 Å². The summed E-state index contributed by atoms with van der Waals surface area (Å²) in [6.07, 6.45) is 0.483. The Balaban J connectivity index is 2.30. The lowest BCUT2D eigenvalue weighted by atomic mass is 10.0. The van der Waals surface area contributed by atoms with Crippen LogP contribution in [0.2, 0.25) is 0 Å². The zero-order valence-electron chi connectivity index (χ0n) is 12.3. The van der Waals surface area contributed by atoms with Crippen molar-refractivity contribution in [2.75, 3.05) is 0 Å². The standard InChI is InChI=1S/C16H12I4O4/c1-7(16(22)23)2-8-3-12(19)15(13(20)4-8)24-9-5-10(17)14(21)11(18)6-9/h3-7,21H,2H2,1H3,(H,22,23). The molecule has 8 heteroatoms. The highest BCUT2D eigenvalue weighted by atomic mass is 127. The highest BCUT2D eigenvalue weighted by Gasteiger charge is 2.16. The number of rotatable bonds is 5. The van der Waals surface area contributed by atoms with Gasteiger partial charge >= 0.3 is 5.97 Å². The average Bonchev–Trinajstić information content (AvgIpc) is 2.48. The van der Waals surface area contributed by atoms with Crippen molar-refractivity contribution >= 4 is 96.3 Å². The Morgan fingerprint density at radius 2 is 1.54 bits per heavy atom. The number of halogens is 4. The van der Waals surface area contributed by atoms with E-state index < -0.39 is 11.9 Å². The van der Waals surface area contributed by atoms with Crippen molar-refractivity contribution in [3.8, 4) is 17.2 Å². The fourth-order valence-electron chi connectivity index (χ4n) is 1.99. The Morgan fingerprint density at radius 3 is 2.00 bits per heavy atom. The molecule has 0 aromatic heterocycles. The van der Waals surface area contributed by atoms with E-state index >= 15 is 0 Å². The molecule has 2 aromatic rings. The number of aromatic hydroxyl groups is 1. The van der Waals surface area contributed by atoms with Gasteiger partial charge in [-0.15, -0.1) is 0 Å². The number of hydrogen-bond donors (Lipinski definition) is 2. The van der Waals surface area contributed by atoms with Crippen molar-refractivity contribution in [1.29, 1.82) is 0 Å². The van der Waals surface area contributed by atoms with E-state index in [0.717, 1.165) is 25.6 Å². The molecule has 0 radical (unpaired) electrons. The van der Waals surface area contributed by atoms with Gasteiger partial charge in [0.1, 0.15) is 11.5 Å². The Bertz CT molecular complexity index is 746. The number of carbonyl (C=O) groups is 1. The minimum absolute atomic E-state index is 0.256. The number of aliphatic carboxylic acids is 1. The van der Waals surface area contributed by atoms with Gasteiger partial charge in [-0.1, -0.05) is 6.92 Å². The normalized spacial score (nSPS) is 12.0. The molecular formula is C16H12I4O4. The summed E-state index contributed by atoms with van der Waals surface area (Å²) in [5.41, 5.74) is 0.973. The first-order chi connectivity index (χ1) is 11.2. The van der Waals surface area contributed by atoms with Gasteiger partial charge in [-0.2, -0.15) is 0 Å². The van der Waals surface area contributed by atoms with Crippen LogP contribution in [0.5, 0.6) is 17.2 Å². The van der Waals surface area contributed by atoms with Crippen molar-refractivity contribution in [1.82, 2.24) is 0 Å². The lowest BCUT2D eigenvalue weighted by Crippen LogP contribution is -2.12. The second-order valence-corrected chi connectivity index (χ2v) is 9.82. The van der Waals surface area contributed by atoms with Gasteiger partial charge in [-0.3, -0.25) is 4.79 Å². The maximum Gasteiger partial charge on any atom is 0.306 e. The number of carboxylic acid groups (broad SMARTS) is 1. The summed E-state index contributed by atoms with van der Waals surface area (Å²) in [7, 11) is 0. The number of phenolic OH excluding ortho intramolecular Hbond substituents is 1. The zero-order chi connectivity index (χ0) is 18.0. The fourth-order valence-corrected chi connectivity index (χ4v) is 5.82. The number of phenols is 1. The van der Waals surface area contributed by atoms with Crippen molar-refractivity contribution in [2.24, 2.45) is 5.92 Å². The second-order valence-electron chi connectivity index (χ2n) is 5.17. The summed E-state index contributed by atoms with van der Waals surface area (Å²) in [4.78, 5) is 11.0. The van der Waals surface area contributed by atoms with Crippen molar-refractivity contribution < 1.29 is 19.7 Å². The summed E-state index contributed by atoms with van der Waals surface area (Å²) in [6.45, 7) is 1.70. The van der Waals surface area contributed by atoms with Crippen LogP contribution in [-0.4, -0.2) is 16.2 Å². The van der Waals surface area contributed by atoms with Gasteiger partial charge in [-0.25, -0.2) is 0 Å². The first-order valence-corrected chi connectivity index (χ1v) is 11.1. The Hall–Kier alpha value is 0.430. The molecular weight excluding hydrogens is 764 g/mol. The largest absolute Gasteiger partial charge is 0.506 e. The quantitative estimate of drug-likeness (QED) is 0.374. The SMILES string of the molecule is CC(Cc1cc(I)c(Oc2cc(I)c(O)c(I)c2)c(I)c1)C(=O)O. The van der Waals surface area contributed by atoms with Crippen LogP contribution in [0.4, 0.5) is 0 Å². The maximum absolute atomic E-state index is 11.0. The molecule has 0 aliphatic carbocycles. The van der Waals surface area contributed by atoms with Crippen LogP contribution in [0.25, 0.3) is 0 Å². The molecule has 0 saturated heterocycles. The molecule has 0 bridgehead atoms. The molecule has 2 N–H and O–H groups in total. The van der Waals surface area contributed by atoms with Crippen LogP contribution >= 0.6 is 90.4 Å². The topological polar surface area (TPSA) is 66.8 Å². The minimum Gasteiger partial charge on any atom is -0.506 e. The van der Waals surface area contributed by atoms with Gasteiger partial charge in [0.25, 0.3) is 0 Å². The molecule has 24 heavy (non-hydrogen) atoms. The first-order valence-electron chi connectivity index (χ1n) is 6.75. The average molecular weight is 776 g/mol. The molecule has 2 rings (SSSR count). The van der Waals surface area contributed by atoms with Crippen LogP contribution in [0.1, 0.15) is 12.5 Å². The van der Waals surface area contributed by atoms with Crippen LogP contribution in [0.3, 0.4) is 0 Å². The lowest BCUT2D eigenvalue weighted by Gasteiger charge is -2.14. The molecule has 0 heterocycles. The summed E-state index contributed by atoms with van der Waals surface area (Å²) in [5, 5.41) is 18.9. The van der Waals surface area contributed by atoms with Gasteiger partial charge < -0.3 is 14.9 Å². The Morgan fingerprint density at radius 1 is 1.04 bits per heavy atom. The van der Waals surface area contributed by atoms with Crippen LogP contribution in [0, 0.1) is 20.2 Å². The molecule has 0 aliphatic rings. The third-order valence-corrected chi connectivity index (χ3v) is 6.48. The van der Waals surface area contributed by atoms with Gasteiger partial charge in [0.05, 0.1) is 20.2 Å². The van der Waals surface area contributed by atoms with E-state index in [1.54, 1.807) is 19.1 Å². The van der Waals surface area contributed by atoms with Gasteiger partial charge in [0, 0.05) is 0 Å². The van der Waals surface area contributed by atoms with E-state index in [9.17, 15) is 9.90 Å². The zero-order valence-corrected chi connectivity index (χ0v) is 20.9. The van der Waals surface area contributed by atoms with Crippen LogP contribution in [-0.2, 0) is 11.2 Å². The summed E-state index contributed by atoms with van der Waals surface area (Å²) in [5.74, 6) is 0.424. The molecule has 1 atom stereocenters. The molecule has 0 amide bonds. The Labute approximate surface area is 194 Å². The predicted octanol–water partition coefficient (Wildman–Crippen LogP) is 5.87. The van der Waals surface area contributed by atoms with E-state index in [0.29, 0.717) is 12.2 Å². The van der Waals surface area contributed by atoms with Crippen LogP contribution < -0.4 is 4.74 Å². The van der Waals surface area contributed by atoms with Crippen molar-refractivity contribution in [2.45, 2.75) is 13.3 Å². The molecule has 128 valence electrons. The molecule has 0 saturated carbocycles. The van der Waals surface area contributed by atoms with Gasteiger partial charge in [0.15, 0.2) is 5.75 Å². The number of carboxylic acids is 1. The van der Waals surface area contributed by atoms with E-state index in [-0.39, 0.29) is 5.75 Å². The summed E-state index contributed by atoms with van der Waals surface area (Å²) < 4.78 is 9.31. The summed E-state index contributed by atoms with van der Waals surface area (Å²) >= 11 is 8.52. The van der Waals surface area contributed by atoms with Gasteiger partial charge in [-0.05, 0) is 127 Å². The molecule has 2 aromatic carbocycles. The molecule has 0 spiro atoms. The minimum atomic E-state index is -0.798. The Kier molecular flexibility index (Phi) is 7.67. The van der Waals surface area contributed by atoms with E-state index in [2.05, 4.69) is 90.4 Å². The van der Waals surface area contributed by atoms with Crippen molar-refractivity contribution in [3.63, 3.8) is 0 Å². The second kappa shape index (κ2) is 8.88. The molecule has 4 nitrogen and oxygen atoms in total. The number of hydrogen-bond acceptors (Lipinski definition) is 3. The lowest BCUT2D eigenvalue weighted by molar-refractivity contribution is -0.141.